The van der Waals surface area contributed by atoms with Crippen molar-refractivity contribution < 1.29 is 22.0 Å². The fourth-order valence-corrected chi connectivity index (χ4v) is 3.05. The van der Waals surface area contributed by atoms with Crippen LogP contribution in [0.15, 0.2) is 29.2 Å². The van der Waals surface area contributed by atoms with Crippen molar-refractivity contribution >= 4 is 28.5 Å². The molecule has 0 aliphatic carbocycles. The molecule has 0 unspecified atom stereocenters. The van der Waals surface area contributed by atoms with Crippen molar-refractivity contribution in [2.24, 2.45) is 0 Å². The van der Waals surface area contributed by atoms with Gasteiger partial charge in [0.2, 0.25) is 10.0 Å². The average molecular weight is 325 g/mol. The van der Waals surface area contributed by atoms with Gasteiger partial charge < -0.3 is 13.6 Å². The van der Waals surface area contributed by atoms with Gasteiger partial charge in [-0.1, -0.05) is 6.07 Å². The smallest absolute Gasteiger partial charge is 0.380 e. The van der Waals surface area contributed by atoms with Gasteiger partial charge in [-0.05, 0) is 12.1 Å². The normalized spacial score (nSPS) is 12.7. The van der Waals surface area contributed by atoms with Crippen LogP contribution in [-0.2, 0) is 30.9 Å². The van der Waals surface area contributed by atoms with E-state index in [0.29, 0.717) is 0 Å². The summed E-state index contributed by atoms with van der Waals surface area (Å²) in [6.07, 6.45) is 0. The van der Waals surface area contributed by atoms with Gasteiger partial charge >= 0.3 is 6.72 Å². The highest BCUT2D eigenvalue weighted by atomic mass is 32.5. The summed E-state index contributed by atoms with van der Waals surface area (Å²) < 4.78 is 40.5. The molecule has 0 aliphatic heterocycles. The maximum atomic E-state index is 12.0. The second kappa shape index (κ2) is 6.30. The molecule has 0 radical (unpaired) electrons. The van der Waals surface area contributed by atoms with Crippen molar-refractivity contribution in [3.63, 3.8) is 0 Å². The van der Waals surface area contributed by atoms with Gasteiger partial charge in [0.1, 0.15) is 5.75 Å². The van der Waals surface area contributed by atoms with Crippen LogP contribution < -0.4 is 4.52 Å². The summed E-state index contributed by atoms with van der Waals surface area (Å²) in [7, 11) is 2.15. The molecule has 0 N–H and O–H groups in total. The van der Waals surface area contributed by atoms with Crippen molar-refractivity contribution in [1.29, 1.82) is 0 Å². The Balaban J connectivity index is 3.12. The van der Waals surface area contributed by atoms with E-state index < -0.39 is 16.7 Å². The van der Waals surface area contributed by atoms with Crippen LogP contribution in [0.2, 0.25) is 0 Å². The molecule has 9 heteroatoms. The Bertz CT molecular complexity index is 579. The summed E-state index contributed by atoms with van der Waals surface area (Å²) >= 11 is 5.06. The van der Waals surface area contributed by atoms with Crippen LogP contribution in [0.5, 0.6) is 5.75 Å². The first kappa shape index (κ1) is 16.6. The first-order valence-electron chi connectivity index (χ1n) is 5.19. The molecule has 0 bridgehead atoms. The van der Waals surface area contributed by atoms with E-state index in [9.17, 15) is 8.42 Å². The predicted octanol–water partition coefficient (Wildman–Crippen LogP) is 1.83. The summed E-state index contributed by atoms with van der Waals surface area (Å²) in [4.78, 5) is 0.115. The molecule has 0 aliphatic rings. The van der Waals surface area contributed by atoms with Gasteiger partial charge in [-0.25, -0.2) is 12.7 Å². The Hall–Kier alpha value is -0.500. The zero-order valence-electron chi connectivity index (χ0n) is 11.1. The Kier molecular flexibility index (Phi) is 5.49. The number of benzene rings is 1. The van der Waals surface area contributed by atoms with Gasteiger partial charge in [0.05, 0.1) is 4.90 Å². The second-order valence-corrected chi connectivity index (χ2v) is 8.97. The molecule has 0 aromatic heterocycles. The zero-order valence-corrected chi connectivity index (χ0v) is 13.6. The lowest BCUT2D eigenvalue weighted by Crippen LogP contribution is -2.22. The van der Waals surface area contributed by atoms with Crippen LogP contribution >= 0.6 is 6.72 Å². The molecule has 19 heavy (non-hydrogen) atoms. The highest BCUT2D eigenvalue weighted by Crippen LogP contribution is 2.48. The predicted molar refractivity (Wildman–Crippen MR) is 76.2 cm³/mol. The van der Waals surface area contributed by atoms with E-state index in [1.165, 1.54) is 40.4 Å². The first-order chi connectivity index (χ1) is 8.75. The molecule has 1 aromatic rings. The summed E-state index contributed by atoms with van der Waals surface area (Å²) in [5, 5.41) is 0. The van der Waals surface area contributed by atoms with Gasteiger partial charge in [-0.15, -0.1) is 0 Å². The molecule has 108 valence electrons. The SMILES string of the molecule is COP(=S)(OC)Oc1cccc(S(=O)(=O)N(C)C)c1. The summed E-state index contributed by atoms with van der Waals surface area (Å²) in [5.74, 6) is 0.287. The van der Waals surface area contributed by atoms with E-state index in [1.54, 1.807) is 12.1 Å². The average Bonchev–Trinajstić information content (AvgIpc) is 2.38. The monoisotopic (exact) mass is 325 g/mol. The lowest BCUT2D eigenvalue weighted by Gasteiger charge is -2.19. The second-order valence-electron chi connectivity index (χ2n) is 3.67. The highest BCUT2D eigenvalue weighted by Gasteiger charge is 2.21. The number of hydrogen-bond acceptors (Lipinski definition) is 6. The fourth-order valence-electron chi connectivity index (χ4n) is 1.18. The standard InChI is InChI=1S/C10H16NO5PS2/c1-11(2)19(12,13)10-7-5-6-9(8-10)16-17(18,14-3)15-4/h5-8H,1-4H3. The van der Waals surface area contributed by atoms with Gasteiger partial charge in [0, 0.05) is 46.2 Å². The minimum Gasteiger partial charge on any atom is -0.424 e. The highest BCUT2D eigenvalue weighted by molar-refractivity contribution is 8.07. The molecular weight excluding hydrogens is 309 g/mol. The van der Waals surface area contributed by atoms with Gasteiger partial charge in [-0.2, -0.15) is 0 Å². The minimum absolute atomic E-state index is 0.115. The largest absolute Gasteiger partial charge is 0.424 e. The lowest BCUT2D eigenvalue weighted by molar-refractivity contribution is 0.273. The van der Waals surface area contributed by atoms with Gasteiger partial charge in [0.15, 0.2) is 0 Å². The molecule has 0 fully saturated rings. The van der Waals surface area contributed by atoms with Gasteiger partial charge in [-0.3, -0.25) is 0 Å². The van der Waals surface area contributed by atoms with E-state index in [-0.39, 0.29) is 10.6 Å². The molecular formula is C10H16NO5PS2. The van der Waals surface area contributed by atoms with Crippen molar-refractivity contribution in [2.75, 3.05) is 28.3 Å². The molecule has 0 saturated heterocycles. The number of hydrogen-bond donors (Lipinski definition) is 0. The number of sulfonamides is 1. The zero-order chi connectivity index (χ0) is 14.7. The summed E-state index contributed by atoms with van der Waals surface area (Å²) in [6, 6.07) is 6.02. The lowest BCUT2D eigenvalue weighted by atomic mass is 10.3. The van der Waals surface area contributed by atoms with E-state index in [1.807, 2.05) is 0 Å². The van der Waals surface area contributed by atoms with Crippen LogP contribution in [-0.4, -0.2) is 41.0 Å². The van der Waals surface area contributed by atoms with Crippen LogP contribution in [0, 0.1) is 0 Å². The molecule has 0 spiro atoms. The van der Waals surface area contributed by atoms with Crippen molar-refractivity contribution in [3.05, 3.63) is 24.3 Å². The summed E-state index contributed by atoms with van der Waals surface area (Å²) in [6.45, 7) is -2.87. The maximum Gasteiger partial charge on any atom is 0.380 e. The minimum atomic E-state index is -3.52. The van der Waals surface area contributed by atoms with E-state index >= 15 is 0 Å². The van der Waals surface area contributed by atoms with E-state index in [4.69, 9.17) is 25.4 Å². The van der Waals surface area contributed by atoms with Crippen LogP contribution in [0.3, 0.4) is 0 Å². The molecule has 1 aromatic carbocycles. The quantitative estimate of drug-likeness (QED) is 0.744. The first-order valence-corrected chi connectivity index (χ1v) is 9.18. The third-order valence-corrected chi connectivity index (χ3v) is 6.51. The van der Waals surface area contributed by atoms with Crippen molar-refractivity contribution in [3.8, 4) is 5.75 Å². The van der Waals surface area contributed by atoms with Crippen molar-refractivity contribution in [1.82, 2.24) is 4.31 Å². The molecule has 0 amide bonds. The Labute approximate surface area is 118 Å². The molecule has 0 atom stereocenters. The molecule has 0 saturated carbocycles. The Morgan fingerprint density at radius 1 is 1.21 bits per heavy atom. The molecule has 6 nitrogen and oxygen atoms in total. The number of rotatable bonds is 6. The topological polar surface area (TPSA) is 65.1 Å². The van der Waals surface area contributed by atoms with Gasteiger partial charge in [0.25, 0.3) is 0 Å². The molecule has 0 heterocycles. The van der Waals surface area contributed by atoms with Crippen LogP contribution in [0.25, 0.3) is 0 Å². The maximum absolute atomic E-state index is 12.0. The molecule has 1 rings (SSSR count). The van der Waals surface area contributed by atoms with Crippen molar-refractivity contribution in [2.45, 2.75) is 4.90 Å². The third-order valence-electron chi connectivity index (χ3n) is 2.25. The third kappa shape index (κ3) is 3.98. The Morgan fingerprint density at radius 2 is 1.79 bits per heavy atom. The Morgan fingerprint density at radius 3 is 2.26 bits per heavy atom. The van der Waals surface area contributed by atoms with Crippen LogP contribution in [0.1, 0.15) is 0 Å². The summed E-state index contributed by atoms with van der Waals surface area (Å²) in [5.41, 5.74) is 0. The number of nitrogens with zero attached hydrogens (tertiary/aromatic N) is 1. The van der Waals surface area contributed by atoms with E-state index in [0.717, 1.165) is 4.31 Å². The fraction of sp³-hybridized carbons (Fsp3) is 0.400. The van der Waals surface area contributed by atoms with E-state index in [2.05, 4.69) is 0 Å². The van der Waals surface area contributed by atoms with Crippen LogP contribution in [0.4, 0.5) is 0 Å².